The summed E-state index contributed by atoms with van der Waals surface area (Å²) in [6.07, 6.45) is 0.270. The fourth-order valence-corrected chi connectivity index (χ4v) is 4.78. The Morgan fingerprint density at radius 2 is 1.95 bits per heavy atom. The molecule has 0 atom stereocenters. The van der Waals surface area contributed by atoms with Crippen molar-refractivity contribution in [1.29, 1.82) is 5.26 Å². The van der Waals surface area contributed by atoms with Crippen LogP contribution in [0.5, 0.6) is 0 Å². The molecule has 1 aliphatic rings. The van der Waals surface area contributed by atoms with E-state index in [9.17, 15) is 9.59 Å². The second-order valence-electron chi connectivity index (χ2n) is 9.04. The average molecular weight is 504 g/mol. The van der Waals surface area contributed by atoms with Crippen molar-refractivity contribution in [3.8, 4) is 6.07 Å². The number of nitriles is 1. The molecule has 1 aromatic carbocycles. The van der Waals surface area contributed by atoms with Crippen molar-refractivity contribution in [3.05, 3.63) is 51.7 Å². The van der Waals surface area contributed by atoms with Crippen LogP contribution in [0.1, 0.15) is 35.1 Å². The number of nitrogens with two attached hydrogens (primary N) is 1. The third-order valence-electron chi connectivity index (χ3n) is 6.69. The minimum absolute atomic E-state index is 0.268. The number of anilines is 3. The van der Waals surface area contributed by atoms with E-state index in [1.54, 1.807) is 6.07 Å². The Hall–Kier alpha value is -4.17. The molecule has 0 radical (unpaired) electrons. The van der Waals surface area contributed by atoms with Crippen molar-refractivity contribution >= 4 is 34.0 Å². The van der Waals surface area contributed by atoms with Crippen LogP contribution in [-0.2, 0) is 13.1 Å². The molecule has 0 bridgehead atoms. The van der Waals surface area contributed by atoms with Crippen LogP contribution in [0.25, 0.3) is 10.9 Å². The summed E-state index contributed by atoms with van der Waals surface area (Å²) in [7, 11) is 1.84. The molecular formula is C26H33N9O2. The largest absolute Gasteiger partial charge is 0.387 e. The van der Waals surface area contributed by atoms with Crippen LogP contribution in [0.4, 0.5) is 17.2 Å². The van der Waals surface area contributed by atoms with E-state index in [-0.39, 0.29) is 18.0 Å². The first-order chi connectivity index (χ1) is 17.9. The van der Waals surface area contributed by atoms with Crippen molar-refractivity contribution in [3.63, 3.8) is 0 Å². The number of nitrogens with zero attached hydrogens (tertiary/aromatic N) is 6. The molecule has 1 aliphatic heterocycles. The number of hydrogen-bond donors (Lipinski definition) is 3. The topological polar surface area (TPSA) is 145 Å². The maximum absolute atomic E-state index is 12.4. The van der Waals surface area contributed by atoms with E-state index >= 15 is 0 Å². The lowest BCUT2D eigenvalue weighted by atomic mass is 10.1. The Labute approximate surface area is 215 Å². The number of aromatic nitrogens is 3. The lowest BCUT2D eigenvalue weighted by Gasteiger charge is -2.36. The van der Waals surface area contributed by atoms with Crippen LogP contribution in [-0.4, -0.2) is 65.1 Å². The number of piperazine rings is 1. The van der Waals surface area contributed by atoms with Gasteiger partial charge in [0, 0.05) is 58.5 Å². The molecule has 194 valence electrons. The summed E-state index contributed by atoms with van der Waals surface area (Å²) in [4.78, 5) is 38.1. The third kappa shape index (κ3) is 5.49. The summed E-state index contributed by atoms with van der Waals surface area (Å²) in [5, 5.41) is 15.3. The number of pyridine rings is 1. The number of amides is 1. The lowest BCUT2D eigenvalue weighted by molar-refractivity contribution is 0.0949. The van der Waals surface area contributed by atoms with Crippen LogP contribution in [0.15, 0.2) is 29.1 Å². The summed E-state index contributed by atoms with van der Waals surface area (Å²) in [6, 6.07) is 9.71. The first-order valence-corrected chi connectivity index (χ1v) is 12.5. The molecule has 3 aromatic rings. The second kappa shape index (κ2) is 11.3. The van der Waals surface area contributed by atoms with Gasteiger partial charge in [0.2, 0.25) is 0 Å². The van der Waals surface area contributed by atoms with Crippen molar-refractivity contribution in [2.75, 3.05) is 55.7 Å². The lowest BCUT2D eigenvalue weighted by Crippen LogP contribution is -2.46. The Balaban J connectivity index is 1.44. The van der Waals surface area contributed by atoms with Crippen LogP contribution in [0.3, 0.4) is 0 Å². The maximum atomic E-state index is 12.4. The highest BCUT2D eigenvalue weighted by atomic mass is 16.2. The highest BCUT2D eigenvalue weighted by Crippen LogP contribution is 2.29. The summed E-state index contributed by atoms with van der Waals surface area (Å²) < 4.78 is 1.48. The number of carbonyl (C=O) groups is 1. The quantitative estimate of drug-likeness (QED) is 0.391. The molecule has 2 aromatic heterocycles. The summed E-state index contributed by atoms with van der Waals surface area (Å²) in [5.74, 6) is 0.160. The number of fused-ring (bicyclic) bond motifs is 1. The summed E-state index contributed by atoms with van der Waals surface area (Å²) >= 11 is 0. The number of nitrogen functional groups attached to an aromatic ring is 1. The van der Waals surface area contributed by atoms with Gasteiger partial charge in [-0.05, 0) is 43.7 Å². The fourth-order valence-electron chi connectivity index (χ4n) is 4.78. The molecule has 37 heavy (non-hydrogen) atoms. The summed E-state index contributed by atoms with van der Waals surface area (Å²) in [6.45, 7) is 8.67. The number of benzene rings is 1. The highest BCUT2D eigenvalue weighted by molar-refractivity contribution is 5.99. The van der Waals surface area contributed by atoms with E-state index in [4.69, 9.17) is 11.0 Å². The molecule has 4 N–H and O–H groups in total. The molecular weight excluding hydrogens is 470 g/mol. The van der Waals surface area contributed by atoms with E-state index in [2.05, 4.69) is 36.5 Å². The number of hydrogen-bond acceptors (Lipinski definition) is 9. The summed E-state index contributed by atoms with van der Waals surface area (Å²) in [5.41, 5.74) is 10.7. The van der Waals surface area contributed by atoms with Gasteiger partial charge in [-0.15, -0.1) is 0 Å². The van der Waals surface area contributed by atoms with Crippen molar-refractivity contribution < 1.29 is 4.79 Å². The first-order valence-electron chi connectivity index (χ1n) is 12.5. The van der Waals surface area contributed by atoms with E-state index in [0.29, 0.717) is 30.1 Å². The minimum Gasteiger partial charge on any atom is -0.387 e. The average Bonchev–Trinajstić information content (AvgIpc) is 2.89. The molecule has 1 saturated heterocycles. The van der Waals surface area contributed by atoms with E-state index in [1.807, 2.05) is 39.1 Å². The van der Waals surface area contributed by atoms with E-state index in [0.717, 1.165) is 60.7 Å². The van der Waals surface area contributed by atoms with E-state index in [1.165, 1.54) is 4.57 Å². The zero-order valence-electron chi connectivity index (χ0n) is 21.5. The van der Waals surface area contributed by atoms with E-state index < -0.39 is 0 Å². The second-order valence-corrected chi connectivity index (χ2v) is 9.04. The number of nitrogens with one attached hydrogen (secondary N) is 2. The molecule has 0 aliphatic carbocycles. The zero-order chi connectivity index (χ0) is 26.5. The fraction of sp³-hybridized carbons (Fsp3) is 0.423. The molecule has 0 saturated carbocycles. The van der Waals surface area contributed by atoms with Crippen LogP contribution >= 0.6 is 0 Å². The zero-order valence-corrected chi connectivity index (χ0v) is 21.5. The molecule has 4 rings (SSSR count). The minimum atomic E-state index is -0.338. The highest BCUT2D eigenvalue weighted by Gasteiger charge is 2.21. The molecule has 0 unspecified atom stereocenters. The smallest absolute Gasteiger partial charge is 0.349 e. The Bertz CT molecular complexity index is 1400. The number of carbonyl (C=O) groups excluding carboxylic acids is 1. The van der Waals surface area contributed by atoms with Crippen LogP contribution in [0.2, 0.25) is 0 Å². The Kier molecular flexibility index (Phi) is 7.89. The Morgan fingerprint density at radius 1 is 1.19 bits per heavy atom. The van der Waals surface area contributed by atoms with Gasteiger partial charge in [-0.1, -0.05) is 0 Å². The monoisotopic (exact) mass is 503 g/mol. The van der Waals surface area contributed by atoms with Crippen LogP contribution in [0, 0.1) is 18.3 Å². The predicted molar refractivity (Wildman–Crippen MR) is 145 cm³/mol. The molecule has 11 heteroatoms. The molecule has 3 heterocycles. The van der Waals surface area contributed by atoms with Crippen molar-refractivity contribution in [2.45, 2.75) is 33.4 Å². The van der Waals surface area contributed by atoms with Crippen molar-refractivity contribution in [2.24, 2.45) is 0 Å². The molecule has 11 nitrogen and oxygen atoms in total. The van der Waals surface area contributed by atoms with Gasteiger partial charge in [-0.2, -0.15) is 10.2 Å². The standard InChI is InChI=1S/C26H33N9O2/c1-4-35-24(28)23-20(29-3)14-18(15-21(23)32-26(35)37)16-33-10-12-34(13-11-33)22-7-6-19(31-17(22)2)25(36)30-9-5-8-27/h6-7,14-15,29H,4-5,9-13,16,28H2,1-3H3,(H,30,36). The van der Waals surface area contributed by atoms with Gasteiger partial charge in [-0.25, -0.2) is 9.78 Å². The third-order valence-corrected chi connectivity index (χ3v) is 6.69. The molecule has 0 spiro atoms. The number of aryl methyl sites for hydroxylation is 1. The molecule has 1 fully saturated rings. The van der Waals surface area contributed by atoms with Gasteiger partial charge in [0.05, 0.1) is 34.8 Å². The molecule has 1 amide bonds. The normalized spacial score (nSPS) is 13.9. The van der Waals surface area contributed by atoms with Crippen molar-refractivity contribution in [1.82, 2.24) is 24.8 Å². The number of rotatable bonds is 8. The Morgan fingerprint density at radius 3 is 2.59 bits per heavy atom. The van der Waals surface area contributed by atoms with Gasteiger partial charge in [0.15, 0.2) is 0 Å². The van der Waals surface area contributed by atoms with Gasteiger partial charge in [0.25, 0.3) is 5.91 Å². The SMILES string of the molecule is CCn1c(N)c2c(NC)cc(CN3CCN(c4ccc(C(=O)NCCC#N)nc4C)CC3)cc2nc1=O. The first kappa shape index (κ1) is 25.9. The van der Waals surface area contributed by atoms with Gasteiger partial charge >= 0.3 is 5.69 Å². The van der Waals surface area contributed by atoms with Gasteiger partial charge in [0.1, 0.15) is 11.5 Å². The maximum Gasteiger partial charge on any atom is 0.349 e. The predicted octanol–water partition coefficient (Wildman–Crippen LogP) is 1.71. The van der Waals surface area contributed by atoms with Gasteiger partial charge < -0.3 is 21.3 Å². The van der Waals surface area contributed by atoms with Gasteiger partial charge in [-0.3, -0.25) is 14.3 Å². The van der Waals surface area contributed by atoms with Crippen LogP contribution < -0.4 is 27.0 Å².